The Kier molecular flexibility index (Phi) is 4.72. The van der Waals surface area contributed by atoms with E-state index in [1.807, 2.05) is 0 Å². The molecule has 2 rings (SSSR count). The number of aromatic hydroxyl groups is 1. The Hall–Kier alpha value is -1.47. The third-order valence-corrected chi connectivity index (χ3v) is 3.64. The minimum Gasteiger partial charge on any atom is -0.506 e. The Morgan fingerprint density at radius 3 is 2.85 bits per heavy atom. The number of hydrogen-bond donors (Lipinski definition) is 3. The number of aliphatic carboxylic acids is 1. The number of fused-ring (bicyclic) bond motifs is 1. The molecule has 0 saturated carbocycles. The number of phenols is 1. The summed E-state index contributed by atoms with van der Waals surface area (Å²) >= 11 is 3.24. The van der Waals surface area contributed by atoms with Crippen LogP contribution in [0.1, 0.15) is 30.9 Å². The number of hydrogen-bond acceptors (Lipinski definition) is 5. The molecule has 6 nitrogen and oxygen atoms in total. The lowest BCUT2D eigenvalue weighted by atomic mass is 10.00. The zero-order valence-corrected chi connectivity index (χ0v) is 12.4. The van der Waals surface area contributed by atoms with E-state index >= 15 is 0 Å². The zero-order valence-electron chi connectivity index (χ0n) is 10.8. The normalized spacial score (nSPS) is 15.5. The van der Waals surface area contributed by atoms with Gasteiger partial charge in [-0.05, 0) is 22.4 Å². The lowest BCUT2D eigenvalue weighted by molar-refractivity contribution is -0.137. The number of carboxylic acid groups (broad SMARTS) is 1. The Balaban J connectivity index is 2.39. The maximum atomic E-state index is 10.6. The number of carboxylic acids is 1. The lowest BCUT2D eigenvalue weighted by Gasteiger charge is -2.19. The van der Waals surface area contributed by atoms with Crippen LogP contribution in [-0.2, 0) is 4.79 Å². The van der Waals surface area contributed by atoms with Crippen molar-refractivity contribution in [3.05, 3.63) is 16.1 Å². The van der Waals surface area contributed by atoms with Crippen molar-refractivity contribution in [1.82, 2.24) is 0 Å². The fourth-order valence-corrected chi connectivity index (χ4v) is 2.48. The van der Waals surface area contributed by atoms with Gasteiger partial charge in [0.15, 0.2) is 11.5 Å². The van der Waals surface area contributed by atoms with Gasteiger partial charge in [-0.15, -0.1) is 0 Å². The number of ether oxygens (including phenoxy) is 2. The summed E-state index contributed by atoms with van der Waals surface area (Å²) in [4.78, 5) is 10.6. The second kappa shape index (κ2) is 6.32. The minimum absolute atomic E-state index is 0.0351. The van der Waals surface area contributed by atoms with Crippen molar-refractivity contribution in [3.8, 4) is 17.2 Å². The van der Waals surface area contributed by atoms with Gasteiger partial charge in [0.05, 0.1) is 23.2 Å². The maximum Gasteiger partial charge on any atom is 0.303 e. The van der Waals surface area contributed by atoms with Crippen molar-refractivity contribution in [2.24, 2.45) is 5.73 Å². The molecule has 0 aliphatic carbocycles. The number of rotatable bonds is 4. The van der Waals surface area contributed by atoms with E-state index in [1.165, 1.54) is 0 Å². The SMILES string of the molecule is NC(CCC(=O)O)c1c(O)c(Br)cc2c1OCCCO2. The Morgan fingerprint density at radius 1 is 1.45 bits per heavy atom. The molecule has 1 aliphatic heterocycles. The molecule has 0 bridgehead atoms. The molecule has 110 valence electrons. The van der Waals surface area contributed by atoms with Crippen LogP contribution in [0.25, 0.3) is 0 Å². The second-order valence-corrected chi connectivity index (χ2v) is 5.39. The molecule has 0 aromatic heterocycles. The molecule has 1 atom stereocenters. The Morgan fingerprint density at radius 2 is 2.15 bits per heavy atom. The summed E-state index contributed by atoms with van der Waals surface area (Å²) in [6.07, 6.45) is 0.856. The zero-order chi connectivity index (χ0) is 14.7. The molecule has 0 radical (unpaired) electrons. The van der Waals surface area contributed by atoms with E-state index in [1.54, 1.807) is 6.07 Å². The van der Waals surface area contributed by atoms with Crippen LogP contribution in [0.15, 0.2) is 10.5 Å². The number of benzene rings is 1. The first-order chi connectivity index (χ1) is 9.50. The van der Waals surface area contributed by atoms with Gasteiger partial charge in [-0.2, -0.15) is 0 Å². The third kappa shape index (κ3) is 3.16. The number of carbonyl (C=O) groups is 1. The molecule has 0 fully saturated rings. The molecular formula is C13H16BrNO5. The van der Waals surface area contributed by atoms with E-state index in [2.05, 4.69) is 15.9 Å². The highest BCUT2D eigenvalue weighted by Crippen LogP contribution is 2.46. The molecule has 0 amide bonds. The average molecular weight is 346 g/mol. The molecule has 1 aromatic rings. The molecule has 7 heteroatoms. The predicted octanol–water partition coefficient (Wildman–Crippen LogP) is 2.18. The van der Waals surface area contributed by atoms with Crippen molar-refractivity contribution >= 4 is 21.9 Å². The van der Waals surface area contributed by atoms with E-state index < -0.39 is 12.0 Å². The van der Waals surface area contributed by atoms with Crippen LogP contribution in [0, 0.1) is 0 Å². The number of halogens is 1. The first kappa shape index (κ1) is 14.9. The van der Waals surface area contributed by atoms with Crippen molar-refractivity contribution in [2.45, 2.75) is 25.3 Å². The highest BCUT2D eigenvalue weighted by molar-refractivity contribution is 9.10. The number of phenolic OH excluding ortho intramolecular Hbond substituents is 1. The van der Waals surface area contributed by atoms with Crippen LogP contribution in [-0.4, -0.2) is 29.4 Å². The molecule has 4 N–H and O–H groups in total. The summed E-state index contributed by atoms with van der Waals surface area (Å²) in [7, 11) is 0. The summed E-state index contributed by atoms with van der Waals surface area (Å²) in [5, 5.41) is 18.9. The number of nitrogens with two attached hydrogens (primary N) is 1. The fraction of sp³-hybridized carbons (Fsp3) is 0.462. The molecule has 0 spiro atoms. The minimum atomic E-state index is -0.932. The standard InChI is InChI=1S/C13H16BrNO5/c14-7-6-9-13(20-5-1-4-19-9)11(12(7)18)8(15)2-3-10(16)17/h6,8,18H,1-5,15H2,(H,16,17). The van der Waals surface area contributed by atoms with Gasteiger partial charge in [-0.1, -0.05) is 0 Å². The fourth-order valence-electron chi connectivity index (χ4n) is 2.06. The molecule has 1 unspecified atom stereocenters. The lowest BCUT2D eigenvalue weighted by Crippen LogP contribution is -2.14. The quantitative estimate of drug-likeness (QED) is 0.772. The summed E-state index contributed by atoms with van der Waals surface area (Å²) in [6.45, 7) is 0.987. The molecule has 1 heterocycles. The summed E-state index contributed by atoms with van der Waals surface area (Å²) in [5.41, 5.74) is 6.39. The van der Waals surface area contributed by atoms with Crippen molar-refractivity contribution in [1.29, 1.82) is 0 Å². The summed E-state index contributed by atoms with van der Waals surface area (Å²) < 4.78 is 11.6. The highest BCUT2D eigenvalue weighted by Gasteiger charge is 2.25. The van der Waals surface area contributed by atoms with Gasteiger partial charge in [0.1, 0.15) is 5.75 Å². The van der Waals surface area contributed by atoms with Crippen molar-refractivity contribution in [3.63, 3.8) is 0 Å². The first-order valence-electron chi connectivity index (χ1n) is 6.29. The van der Waals surface area contributed by atoms with Gasteiger partial charge >= 0.3 is 5.97 Å². The van der Waals surface area contributed by atoms with E-state index in [0.717, 1.165) is 6.42 Å². The largest absolute Gasteiger partial charge is 0.506 e. The Bertz CT molecular complexity index is 520. The second-order valence-electron chi connectivity index (χ2n) is 4.54. The van der Waals surface area contributed by atoms with Crippen LogP contribution < -0.4 is 15.2 Å². The smallest absolute Gasteiger partial charge is 0.303 e. The molecular weight excluding hydrogens is 330 g/mol. The van der Waals surface area contributed by atoms with E-state index in [4.69, 9.17) is 20.3 Å². The molecule has 0 saturated heterocycles. The van der Waals surface area contributed by atoms with Gasteiger partial charge in [0.2, 0.25) is 0 Å². The van der Waals surface area contributed by atoms with E-state index in [-0.39, 0.29) is 18.6 Å². The molecule has 20 heavy (non-hydrogen) atoms. The molecule has 1 aliphatic rings. The molecule has 1 aromatic carbocycles. The van der Waals surface area contributed by atoms with Gasteiger partial charge in [0.25, 0.3) is 0 Å². The maximum absolute atomic E-state index is 10.6. The van der Waals surface area contributed by atoms with E-state index in [9.17, 15) is 9.90 Å². The van der Waals surface area contributed by atoms with Gasteiger partial charge in [-0.3, -0.25) is 4.79 Å². The monoisotopic (exact) mass is 345 g/mol. The average Bonchev–Trinajstić information content (AvgIpc) is 2.62. The Labute approximate surface area is 124 Å². The van der Waals surface area contributed by atoms with Crippen LogP contribution in [0.4, 0.5) is 0 Å². The van der Waals surface area contributed by atoms with Gasteiger partial charge in [0, 0.05) is 24.9 Å². The van der Waals surface area contributed by atoms with Gasteiger partial charge < -0.3 is 25.4 Å². The van der Waals surface area contributed by atoms with E-state index in [0.29, 0.717) is 34.7 Å². The van der Waals surface area contributed by atoms with Crippen LogP contribution in [0.2, 0.25) is 0 Å². The predicted molar refractivity (Wildman–Crippen MR) is 75.2 cm³/mol. The third-order valence-electron chi connectivity index (χ3n) is 3.04. The van der Waals surface area contributed by atoms with Crippen LogP contribution in [0.5, 0.6) is 17.2 Å². The van der Waals surface area contributed by atoms with Crippen LogP contribution in [0.3, 0.4) is 0 Å². The van der Waals surface area contributed by atoms with Crippen molar-refractivity contribution < 1.29 is 24.5 Å². The highest BCUT2D eigenvalue weighted by atomic mass is 79.9. The van der Waals surface area contributed by atoms with Crippen molar-refractivity contribution in [2.75, 3.05) is 13.2 Å². The van der Waals surface area contributed by atoms with Crippen LogP contribution >= 0.6 is 15.9 Å². The van der Waals surface area contributed by atoms with Gasteiger partial charge in [-0.25, -0.2) is 0 Å². The topological polar surface area (TPSA) is 102 Å². The summed E-state index contributed by atoms with van der Waals surface area (Å²) in [5.74, 6) is -0.0561. The summed E-state index contributed by atoms with van der Waals surface area (Å²) in [6, 6.07) is 0.989. The first-order valence-corrected chi connectivity index (χ1v) is 7.08.